The van der Waals surface area contributed by atoms with Crippen molar-refractivity contribution < 1.29 is 4.79 Å². The smallest absolute Gasteiger partial charge is 0.244 e. The molecule has 0 saturated carbocycles. The fourth-order valence-corrected chi connectivity index (χ4v) is 2.62. The summed E-state index contributed by atoms with van der Waals surface area (Å²) >= 11 is 0. The standard InChI is InChI=1S/C17H18N4O/c1-3-8-15-16(14-9-5-4-6-10-14)13(2)21(19-15)17(22)20-12-7-11-18-20/h4-7,9-12H,3,8H2,1-2H3. The number of benzene rings is 1. The van der Waals surface area contributed by atoms with Gasteiger partial charge in [0.1, 0.15) is 0 Å². The predicted molar refractivity (Wildman–Crippen MR) is 84.8 cm³/mol. The maximum absolute atomic E-state index is 12.5. The van der Waals surface area contributed by atoms with E-state index in [2.05, 4.69) is 17.1 Å². The lowest BCUT2D eigenvalue weighted by atomic mass is 10.0. The van der Waals surface area contributed by atoms with E-state index in [0.717, 1.165) is 35.4 Å². The third-order valence-corrected chi connectivity index (χ3v) is 3.62. The normalized spacial score (nSPS) is 10.8. The van der Waals surface area contributed by atoms with E-state index >= 15 is 0 Å². The van der Waals surface area contributed by atoms with Gasteiger partial charge in [0, 0.05) is 18.0 Å². The van der Waals surface area contributed by atoms with Gasteiger partial charge in [0.15, 0.2) is 0 Å². The summed E-state index contributed by atoms with van der Waals surface area (Å²) in [5, 5.41) is 8.54. The van der Waals surface area contributed by atoms with Crippen LogP contribution in [0.3, 0.4) is 0 Å². The molecule has 3 aromatic rings. The monoisotopic (exact) mass is 294 g/mol. The molecule has 0 aliphatic carbocycles. The van der Waals surface area contributed by atoms with Gasteiger partial charge in [-0.25, -0.2) is 4.79 Å². The van der Waals surface area contributed by atoms with Gasteiger partial charge in [-0.15, -0.1) is 0 Å². The second kappa shape index (κ2) is 5.97. The molecule has 0 aliphatic heterocycles. The molecule has 2 aromatic heterocycles. The molecule has 3 rings (SSSR count). The summed E-state index contributed by atoms with van der Waals surface area (Å²) < 4.78 is 2.74. The lowest BCUT2D eigenvalue weighted by molar-refractivity contribution is 0.237. The van der Waals surface area contributed by atoms with E-state index in [1.807, 2.05) is 37.3 Å². The van der Waals surface area contributed by atoms with Crippen LogP contribution >= 0.6 is 0 Å². The molecule has 0 saturated heterocycles. The van der Waals surface area contributed by atoms with Gasteiger partial charge in [0.2, 0.25) is 0 Å². The van der Waals surface area contributed by atoms with Crippen molar-refractivity contribution >= 4 is 6.03 Å². The first-order valence-electron chi connectivity index (χ1n) is 7.40. The zero-order chi connectivity index (χ0) is 15.5. The van der Waals surface area contributed by atoms with Crippen LogP contribution in [0.15, 0.2) is 48.8 Å². The first-order valence-corrected chi connectivity index (χ1v) is 7.40. The van der Waals surface area contributed by atoms with Gasteiger partial charge in [-0.1, -0.05) is 43.7 Å². The molecule has 112 valence electrons. The van der Waals surface area contributed by atoms with Gasteiger partial charge >= 0.3 is 6.03 Å². The van der Waals surface area contributed by atoms with Crippen LogP contribution in [0.4, 0.5) is 4.79 Å². The van der Waals surface area contributed by atoms with Gasteiger partial charge in [0.05, 0.1) is 11.4 Å². The zero-order valence-electron chi connectivity index (χ0n) is 12.7. The maximum Gasteiger partial charge on any atom is 0.369 e. The molecule has 0 fully saturated rings. The minimum absolute atomic E-state index is 0.262. The molecule has 2 heterocycles. The molecule has 5 nitrogen and oxygen atoms in total. The minimum Gasteiger partial charge on any atom is -0.244 e. The Labute approximate surface area is 129 Å². The lowest BCUT2D eigenvalue weighted by Crippen LogP contribution is -2.22. The highest BCUT2D eigenvalue weighted by molar-refractivity contribution is 5.81. The molecule has 0 unspecified atom stereocenters. The Hall–Kier alpha value is -2.69. The Morgan fingerprint density at radius 1 is 1.18 bits per heavy atom. The summed E-state index contributed by atoms with van der Waals surface area (Å²) in [6, 6.07) is 11.5. The van der Waals surface area contributed by atoms with Crippen molar-refractivity contribution in [2.75, 3.05) is 0 Å². The highest BCUT2D eigenvalue weighted by atomic mass is 16.2. The van der Waals surface area contributed by atoms with Crippen LogP contribution < -0.4 is 0 Å². The second-order valence-corrected chi connectivity index (χ2v) is 5.17. The molecule has 0 amide bonds. The number of aryl methyl sites for hydroxylation is 1. The number of nitrogens with zero attached hydrogens (tertiary/aromatic N) is 4. The number of carbonyl (C=O) groups is 1. The third kappa shape index (κ3) is 2.45. The second-order valence-electron chi connectivity index (χ2n) is 5.17. The first kappa shape index (κ1) is 14.3. The van der Waals surface area contributed by atoms with Crippen molar-refractivity contribution in [3.05, 3.63) is 60.2 Å². The Kier molecular flexibility index (Phi) is 3.87. The van der Waals surface area contributed by atoms with Crippen LogP contribution in [0.2, 0.25) is 0 Å². The summed E-state index contributed by atoms with van der Waals surface area (Å²) in [6.45, 7) is 4.04. The van der Waals surface area contributed by atoms with E-state index in [0.29, 0.717) is 0 Å². The molecule has 5 heteroatoms. The summed E-state index contributed by atoms with van der Waals surface area (Å²) in [4.78, 5) is 12.5. The summed E-state index contributed by atoms with van der Waals surface area (Å²) in [6.07, 6.45) is 5.03. The van der Waals surface area contributed by atoms with Crippen LogP contribution in [0.5, 0.6) is 0 Å². The van der Waals surface area contributed by atoms with Crippen LogP contribution in [-0.4, -0.2) is 25.6 Å². The van der Waals surface area contributed by atoms with Crippen LogP contribution in [0, 0.1) is 6.92 Å². The van der Waals surface area contributed by atoms with Gasteiger partial charge in [0.25, 0.3) is 0 Å². The van der Waals surface area contributed by atoms with Crippen LogP contribution in [0.25, 0.3) is 11.1 Å². The van der Waals surface area contributed by atoms with Crippen molar-refractivity contribution in [3.8, 4) is 11.1 Å². The lowest BCUT2D eigenvalue weighted by Gasteiger charge is -2.04. The first-order chi connectivity index (χ1) is 10.7. The fourth-order valence-electron chi connectivity index (χ4n) is 2.62. The van der Waals surface area contributed by atoms with E-state index in [4.69, 9.17) is 0 Å². The molecular weight excluding hydrogens is 276 g/mol. The van der Waals surface area contributed by atoms with E-state index in [1.54, 1.807) is 18.5 Å². The average Bonchev–Trinajstić information content (AvgIpc) is 3.16. The summed E-state index contributed by atoms with van der Waals surface area (Å²) in [5.74, 6) is 0. The molecule has 22 heavy (non-hydrogen) atoms. The van der Waals surface area contributed by atoms with Crippen LogP contribution in [0.1, 0.15) is 24.7 Å². The maximum atomic E-state index is 12.5. The average molecular weight is 294 g/mol. The number of rotatable bonds is 3. The highest BCUT2D eigenvalue weighted by Crippen LogP contribution is 2.28. The topological polar surface area (TPSA) is 52.7 Å². The Morgan fingerprint density at radius 3 is 2.59 bits per heavy atom. The van der Waals surface area contributed by atoms with E-state index in [-0.39, 0.29) is 6.03 Å². The zero-order valence-corrected chi connectivity index (χ0v) is 12.7. The Balaban J connectivity index is 2.12. The van der Waals surface area contributed by atoms with Crippen molar-refractivity contribution in [1.82, 2.24) is 19.6 Å². The number of aromatic nitrogens is 4. The predicted octanol–water partition coefficient (Wildman–Crippen LogP) is 3.52. The summed E-state index contributed by atoms with van der Waals surface area (Å²) in [7, 11) is 0. The van der Waals surface area contributed by atoms with E-state index in [1.165, 1.54) is 9.36 Å². The SMILES string of the molecule is CCCc1nn(C(=O)n2cccn2)c(C)c1-c1ccccc1. The molecule has 0 N–H and O–H groups in total. The molecule has 0 atom stereocenters. The van der Waals surface area contributed by atoms with Crippen molar-refractivity contribution in [2.45, 2.75) is 26.7 Å². The minimum atomic E-state index is -0.262. The van der Waals surface area contributed by atoms with Gasteiger partial charge in [-0.3, -0.25) is 0 Å². The van der Waals surface area contributed by atoms with E-state index in [9.17, 15) is 4.79 Å². The van der Waals surface area contributed by atoms with Gasteiger partial charge < -0.3 is 0 Å². The molecule has 0 aliphatic rings. The van der Waals surface area contributed by atoms with Crippen molar-refractivity contribution in [1.29, 1.82) is 0 Å². The molecule has 0 spiro atoms. The Bertz CT molecular complexity index is 773. The van der Waals surface area contributed by atoms with Crippen molar-refractivity contribution in [3.63, 3.8) is 0 Å². The third-order valence-electron chi connectivity index (χ3n) is 3.62. The van der Waals surface area contributed by atoms with Crippen molar-refractivity contribution in [2.24, 2.45) is 0 Å². The molecular formula is C17H18N4O. The molecule has 1 aromatic carbocycles. The van der Waals surface area contributed by atoms with Gasteiger partial charge in [-0.05, 0) is 25.0 Å². The Morgan fingerprint density at radius 2 is 1.95 bits per heavy atom. The fraction of sp³-hybridized carbons (Fsp3) is 0.235. The summed E-state index contributed by atoms with van der Waals surface area (Å²) in [5.41, 5.74) is 3.92. The number of hydrogen-bond donors (Lipinski definition) is 0. The quantitative estimate of drug-likeness (QED) is 0.742. The number of carbonyl (C=O) groups excluding carboxylic acids is 1. The highest BCUT2D eigenvalue weighted by Gasteiger charge is 2.20. The van der Waals surface area contributed by atoms with Gasteiger partial charge in [-0.2, -0.15) is 19.6 Å². The molecule has 0 bridgehead atoms. The van der Waals surface area contributed by atoms with Crippen LogP contribution in [-0.2, 0) is 6.42 Å². The number of hydrogen-bond acceptors (Lipinski definition) is 3. The largest absolute Gasteiger partial charge is 0.369 e. The van der Waals surface area contributed by atoms with E-state index < -0.39 is 0 Å². The molecule has 0 radical (unpaired) electrons.